The summed E-state index contributed by atoms with van der Waals surface area (Å²) in [5, 5.41) is 14.2. The molecule has 1 aromatic heterocycles. The first-order valence-corrected chi connectivity index (χ1v) is 8.01. The zero-order chi connectivity index (χ0) is 20.5. The van der Waals surface area contributed by atoms with E-state index in [0.29, 0.717) is 17.5 Å². The summed E-state index contributed by atoms with van der Waals surface area (Å²) in [6.07, 6.45) is -1.60. The van der Waals surface area contributed by atoms with Crippen molar-refractivity contribution in [1.82, 2.24) is 9.55 Å². The Labute approximate surface area is 156 Å². The fourth-order valence-electron chi connectivity index (χ4n) is 2.77. The molecule has 0 aliphatic carbocycles. The number of rotatable bonds is 5. The van der Waals surface area contributed by atoms with E-state index in [2.05, 4.69) is 10.3 Å². The molecule has 3 aromatic rings. The van der Waals surface area contributed by atoms with Crippen LogP contribution in [0.2, 0.25) is 0 Å². The Hall–Kier alpha value is -3.43. The lowest BCUT2D eigenvalue weighted by Gasteiger charge is -2.21. The Morgan fingerprint density at radius 1 is 1.21 bits per heavy atom. The molecule has 28 heavy (non-hydrogen) atoms. The zero-order valence-corrected chi connectivity index (χ0v) is 14.4. The molecule has 1 atom stereocenters. The maximum absolute atomic E-state index is 13.7. The highest BCUT2D eigenvalue weighted by molar-refractivity contribution is 5.64. The van der Waals surface area contributed by atoms with Gasteiger partial charge in [0.25, 0.3) is 5.69 Å². The third-order valence-electron chi connectivity index (χ3n) is 4.12. The van der Waals surface area contributed by atoms with Gasteiger partial charge in [-0.2, -0.15) is 13.2 Å². The summed E-state index contributed by atoms with van der Waals surface area (Å²) in [5.74, 6) is -0.125. The predicted molar refractivity (Wildman–Crippen MR) is 93.2 cm³/mol. The largest absolute Gasteiger partial charge is 0.416 e. The second-order valence-corrected chi connectivity index (χ2v) is 6.02. The van der Waals surface area contributed by atoms with Crippen LogP contribution in [0.1, 0.15) is 23.0 Å². The molecule has 1 heterocycles. The smallest absolute Gasteiger partial charge is 0.366 e. The quantitative estimate of drug-likeness (QED) is 0.387. The second-order valence-electron chi connectivity index (χ2n) is 6.02. The van der Waals surface area contributed by atoms with Gasteiger partial charge in [-0.1, -0.05) is 12.1 Å². The first-order valence-electron chi connectivity index (χ1n) is 8.01. The summed E-state index contributed by atoms with van der Waals surface area (Å²) >= 11 is 0. The van der Waals surface area contributed by atoms with Crippen molar-refractivity contribution in [3.8, 4) is 0 Å². The summed E-state index contributed by atoms with van der Waals surface area (Å²) in [5.41, 5.74) is -1.62. The molecule has 0 saturated heterocycles. The summed E-state index contributed by atoms with van der Waals surface area (Å²) < 4.78 is 54.1. The lowest BCUT2D eigenvalue weighted by Crippen LogP contribution is -2.18. The van der Waals surface area contributed by atoms with Gasteiger partial charge in [-0.3, -0.25) is 10.1 Å². The van der Waals surface area contributed by atoms with Crippen LogP contribution < -0.4 is 5.32 Å². The number of halogens is 4. The number of anilines is 1. The van der Waals surface area contributed by atoms with Crippen LogP contribution in [0.15, 0.2) is 54.9 Å². The zero-order valence-electron chi connectivity index (χ0n) is 14.4. The molecule has 0 saturated carbocycles. The van der Waals surface area contributed by atoms with Gasteiger partial charge in [-0.05, 0) is 29.8 Å². The molecule has 3 rings (SSSR count). The number of nitrogens with one attached hydrogen (secondary N) is 1. The van der Waals surface area contributed by atoms with E-state index in [4.69, 9.17) is 0 Å². The molecular weight excluding hydrogens is 380 g/mol. The Morgan fingerprint density at radius 3 is 2.54 bits per heavy atom. The minimum atomic E-state index is -4.72. The molecule has 10 heteroatoms. The summed E-state index contributed by atoms with van der Waals surface area (Å²) in [6.45, 7) is 0. The molecule has 0 bridgehead atoms. The van der Waals surface area contributed by atoms with Gasteiger partial charge >= 0.3 is 6.18 Å². The Bertz CT molecular complexity index is 1020. The number of nitro benzene ring substituents is 1. The molecule has 0 radical (unpaired) electrons. The van der Waals surface area contributed by atoms with E-state index in [-0.39, 0.29) is 5.69 Å². The molecule has 0 fully saturated rings. The third-order valence-corrected chi connectivity index (χ3v) is 4.12. The van der Waals surface area contributed by atoms with Crippen molar-refractivity contribution in [1.29, 1.82) is 0 Å². The molecule has 1 N–H and O–H groups in total. The van der Waals surface area contributed by atoms with Crippen molar-refractivity contribution in [2.45, 2.75) is 12.2 Å². The van der Waals surface area contributed by atoms with E-state index in [9.17, 15) is 27.7 Å². The van der Waals surface area contributed by atoms with Crippen LogP contribution in [0.3, 0.4) is 0 Å². The number of hydrogen-bond donors (Lipinski definition) is 1. The highest BCUT2D eigenvalue weighted by atomic mass is 19.4. The number of benzene rings is 2. The lowest BCUT2D eigenvalue weighted by atomic mass is 10.0. The number of aromatic nitrogens is 2. The van der Waals surface area contributed by atoms with Gasteiger partial charge < -0.3 is 9.88 Å². The molecule has 146 valence electrons. The average Bonchev–Trinajstić information content (AvgIpc) is 3.04. The van der Waals surface area contributed by atoms with Crippen molar-refractivity contribution in [3.63, 3.8) is 0 Å². The van der Waals surface area contributed by atoms with Gasteiger partial charge in [0.05, 0.1) is 10.5 Å². The molecule has 0 spiro atoms. The first-order chi connectivity index (χ1) is 13.2. The van der Waals surface area contributed by atoms with Gasteiger partial charge in [0.2, 0.25) is 0 Å². The van der Waals surface area contributed by atoms with Crippen LogP contribution in [0, 0.1) is 15.9 Å². The van der Waals surface area contributed by atoms with Crippen molar-refractivity contribution >= 4 is 11.4 Å². The molecular formula is C18H14F4N4O2. The highest BCUT2D eigenvalue weighted by Crippen LogP contribution is 2.37. The molecule has 0 aliphatic rings. The van der Waals surface area contributed by atoms with Gasteiger partial charge in [-0.25, -0.2) is 9.37 Å². The number of alkyl halides is 3. The average molecular weight is 394 g/mol. The normalized spacial score (nSPS) is 12.6. The Morgan fingerprint density at radius 2 is 1.96 bits per heavy atom. The highest BCUT2D eigenvalue weighted by Gasteiger charge is 2.33. The molecule has 0 unspecified atom stereocenters. The van der Waals surface area contributed by atoms with Crippen molar-refractivity contribution in [2.24, 2.45) is 7.05 Å². The van der Waals surface area contributed by atoms with Crippen LogP contribution in [0.5, 0.6) is 0 Å². The van der Waals surface area contributed by atoms with Crippen LogP contribution in [0.25, 0.3) is 0 Å². The van der Waals surface area contributed by atoms with Crippen molar-refractivity contribution in [2.75, 3.05) is 5.32 Å². The van der Waals surface area contributed by atoms with Crippen molar-refractivity contribution in [3.05, 3.63) is 87.7 Å². The predicted octanol–water partition coefficient (Wildman–Crippen LogP) is 4.69. The standard InChI is InChI=1S/C18H14F4N4O2/c1-25-8-7-23-17(25)16(11-3-2-4-13(19)9-11)24-14-6-5-12(18(20,21)22)10-15(14)26(27)28/h2-10,16,24H,1H3/t16-/m0/s1. The number of nitro groups is 1. The summed E-state index contributed by atoms with van der Waals surface area (Å²) in [4.78, 5) is 14.6. The topological polar surface area (TPSA) is 73.0 Å². The summed E-state index contributed by atoms with van der Waals surface area (Å²) in [7, 11) is 1.68. The number of aryl methyl sites for hydroxylation is 1. The third kappa shape index (κ3) is 3.95. The minimum Gasteiger partial charge on any atom is -0.366 e. The van der Waals surface area contributed by atoms with E-state index in [1.165, 1.54) is 24.4 Å². The number of imidazole rings is 1. The number of hydrogen-bond acceptors (Lipinski definition) is 4. The van der Waals surface area contributed by atoms with Crippen LogP contribution in [0.4, 0.5) is 28.9 Å². The van der Waals surface area contributed by atoms with E-state index >= 15 is 0 Å². The van der Waals surface area contributed by atoms with E-state index in [1.54, 1.807) is 23.9 Å². The van der Waals surface area contributed by atoms with Crippen molar-refractivity contribution < 1.29 is 22.5 Å². The fourth-order valence-corrected chi connectivity index (χ4v) is 2.77. The fraction of sp³-hybridized carbons (Fsp3) is 0.167. The van der Waals surface area contributed by atoms with E-state index < -0.39 is 34.2 Å². The van der Waals surface area contributed by atoms with E-state index in [1.807, 2.05) is 0 Å². The Balaban J connectivity index is 2.09. The van der Waals surface area contributed by atoms with Crippen LogP contribution in [-0.2, 0) is 13.2 Å². The lowest BCUT2D eigenvalue weighted by molar-refractivity contribution is -0.384. The van der Waals surface area contributed by atoms with Crippen LogP contribution in [-0.4, -0.2) is 14.5 Å². The maximum Gasteiger partial charge on any atom is 0.416 e. The van der Waals surface area contributed by atoms with Crippen LogP contribution >= 0.6 is 0 Å². The maximum atomic E-state index is 13.7. The second kappa shape index (κ2) is 7.29. The number of nitrogens with zero attached hydrogens (tertiary/aromatic N) is 3. The Kier molecular flexibility index (Phi) is 5.04. The van der Waals surface area contributed by atoms with Gasteiger partial charge in [-0.15, -0.1) is 0 Å². The molecule has 0 aliphatic heterocycles. The minimum absolute atomic E-state index is 0.143. The monoisotopic (exact) mass is 394 g/mol. The van der Waals surface area contributed by atoms with Gasteiger partial charge in [0, 0.05) is 25.5 Å². The summed E-state index contributed by atoms with van der Waals surface area (Å²) in [6, 6.07) is 6.87. The van der Waals surface area contributed by atoms with Gasteiger partial charge in [0.1, 0.15) is 23.4 Å². The molecule has 0 amide bonds. The van der Waals surface area contributed by atoms with Gasteiger partial charge in [0.15, 0.2) is 0 Å². The SMILES string of the molecule is Cn1ccnc1[C@@H](Nc1ccc(C(F)(F)F)cc1[N+](=O)[O-])c1cccc(F)c1. The first kappa shape index (κ1) is 19.3. The van der Waals surface area contributed by atoms with E-state index in [0.717, 1.165) is 12.1 Å². The molecule has 6 nitrogen and oxygen atoms in total. The molecule has 2 aromatic carbocycles.